The zero-order chi connectivity index (χ0) is 20.2. The lowest BCUT2D eigenvalue weighted by atomic mass is 9.96. The van der Waals surface area contributed by atoms with Crippen LogP contribution in [0.4, 0.5) is 4.39 Å². The normalized spacial score (nSPS) is 15.9. The highest BCUT2D eigenvalue weighted by Gasteiger charge is 2.29. The molecule has 2 aromatic carbocycles. The van der Waals surface area contributed by atoms with Gasteiger partial charge in [0, 0.05) is 32.4 Å². The highest BCUT2D eigenvalue weighted by Crippen LogP contribution is 2.30. The molecule has 0 bridgehead atoms. The number of halogens is 2. The molecule has 0 saturated carbocycles. The lowest BCUT2D eigenvalue weighted by Crippen LogP contribution is -2.50. The molecule has 0 aliphatic carbocycles. The second-order valence-corrected chi connectivity index (χ2v) is 7.39. The maximum absolute atomic E-state index is 13.5. The molecule has 3 aromatic rings. The van der Waals surface area contributed by atoms with Gasteiger partial charge in [0.15, 0.2) is 0 Å². The first-order valence-corrected chi connectivity index (χ1v) is 9.95. The van der Waals surface area contributed by atoms with E-state index < -0.39 is 0 Å². The fourth-order valence-corrected chi connectivity index (χ4v) is 3.99. The Morgan fingerprint density at radius 2 is 1.55 bits per heavy atom. The molecular weight excluding hydrogens is 389 g/mol. The fourth-order valence-electron chi connectivity index (χ4n) is 3.79. The summed E-state index contributed by atoms with van der Waals surface area (Å²) in [7, 11) is 0. The van der Waals surface area contributed by atoms with Crippen LogP contribution in [0.5, 0.6) is 0 Å². The number of rotatable bonds is 4. The Kier molecular flexibility index (Phi) is 5.88. The van der Waals surface area contributed by atoms with E-state index in [9.17, 15) is 9.18 Å². The molecular formula is C23H21ClFN3O. The maximum Gasteiger partial charge on any atom is 0.257 e. The smallest absolute Gasteiger partial charge is 0.257 e. The molecule has 1 saturated heterocycles. The maximum atomic E-state index is 13.5. The number of benzene rings is 2. The summed E-state index contributed by atoms with van der Waals surface area (Å²) in [6.07, 6.45) is 1.57. The summed E-state index contributed by atoms with van der Waals surface area (Å²) in [5, 5.41) is 0.230. The van der Waals surface area contributed by atoms with Crippen molar-refractivity contribution in [2.45, 2.75) is 6.04 Å². The van der Waals surface area contributed by atoms with Crippen molar-refractivity contribution < 1.29 is 9.18 Å². The predicted molar refractivity (Wildman–Crippen MR) is 111 cm³/mol. The van der Waals surface area contributed by atoms with Gasteiger partial charge in [0.05, 0.1) is 11.6 Å². The third-order valence-electron chi connectivity index (χ3n) is 5.26. The van der Waals surface area contributed by atoms with E-state index >= 15 is 0 Å². The van der Waals surface area contributed by atoms with Crippen LogP contribution in [0.2, 0.25) is 5.15 Å². The number of nitrogens with zero attached hydrogens (tertiary/aromatic N) is 3. The van der Waals surface area contributed by atoms with E-state index in [0.717, 1.165) is 11.1 Å². The number of aromatic nitrogens is 1. The lowest BCUT2D eigenvalue weighted by molar-refractivity contribution is 0.0597. The zero-order valence-corrected chi connectivity index (χ0v) is 16.6. The minimum absolute atomic E-state index is 0.0102. The summed E-state index contributed by atoms with van der Waals surface area (Å²) in [4.78, 5) is 21.0. The largest absolute Gasteiger partial charge is 0.336 e. The molecule has 1 unspecified atom stereocenters. The minimum atomic E-state index is -0.246. The van der Waals surface area contributed by atoms with Crippen LogP contribution in [0.25, 0.3) is 0 Å². The van der Waals surface area contributed by atoms with Gasteiger partial charge in [-0.05, 0) is 35.4 Å². The Hall–Kier alpha value is -2.76. The van der Waals surface area contributed by atoms with Crippen molar-refractivity contribution in [3.05, 3.63) is 101 Å². The monoisotopic (exact) mass is 409 g/mol. The van der Waals surface area contributed by atoms with Crippen LogP contribution in [-0.2, 0) is 0 Å². The molecule has 6 heteroatoms. The standard InChI is InChI=1S/C23H21ClFN3O/c24-22-20(7-4-12-26-22)23(29)28-15-13-27(14-16-28)21(17-5-2-1-3-6-17)18-8-10-19(25)11-9-18/h1-12,21H,13-16H2. The van der Waals surface area contributed by atoms with Crippen LogP contribution >= 0.6 is 11.6 Å². The number of carbonyl (C=O) groups is 1. The number of amides is 1. The molecule has 4 nitrogen and oxygen atoms in total. The van der Waals surface area contributed by atoms with Gasteiger partial charge in [-0.1, -0.05) is 54.1 Å². The molecule has 29 heavy (non-hydrogen) atoms. The Labute approximate surface area is 174 Å². The number of carbonyl (C=O) groups excluding carboxylic acids is 1. The Morgan fingerprint density at radius 3 is 2.21 bits per heavy atom. The van der Waals surface area contributed by atoms with Gasteiger partial charge in [0.2, 0.25) is 0 Å². The number of piperazine rings is 1. The van der Waals surface area contributed by atoms with E-state index in [1.165, 1.54) is 12.1 Å². The first-order valence-electron chi connectivity index (χ1n) is 9.58. The third-order valence-corrected chi connectivity index (χ3v) is 5.56. The second-order valence-electron chi connectivity index (χ2n) is 7.03. The molecule has 0 N–H and O–H groups in total. The van der Waals surface area contributed by atoms with E-state index in [1.54, 1.807) is 18.3 Å². The van der Waals surface area contributed by atoms with Crippen molar-refractivity contribution in [1.82, 2.24) is 14.8 Å². The zero-order valence-electron chi connectivity index (χ0n) is 15.8. The van der Waals surface area contributed by atoms with E-state index in [0.29, 0.717) is 31.7 Å². The molecule has 4 rings (SSSR count). The average molecular weight is 410 g/mol. The third kappa shape index (κ3) is 4.31. The molecule has 148 valence electrons. The minimum Gasteiger partial charge on any atom is -0.336 e. The molecule has 1 aromatic heterocycles. The van der Waals surface area contributed by atoms with Gasteiger partial charge in [-0.15, -0.1) is 0 Å². The van der Waals surface area contributed by atoms with Crippen molar-refractivity contribution >= 4 is 17.5 Å². The second kappa shape index (κ2) is 8.72. The van der Waals surface area contributed by atoms with Crippen LogP contribution in [-0.4, -0.2) is 46.9 Å². The van der Waals surface area contributed by atoms with Crippen molar-refractivity contribution in [3.63, 3.8) is 0 Å². The van der Waals surface area contributed by atoms with Gasteiger partial charge in [0.1, 0.15) is 11.0 Å². The SMILES string of the molecule is O=C(c1cccnc1Cl)N1CCN(C(c2ccccc2)c2ccc(F)cc2)CC1. The van der Waals surface area contributed by atoms with Crippen LogP contribution in [0.1, 0.15) is 27.5 Å². The fraction of sp³-hybridized carbons (Fsp3) is 0.217. The highest BCUT2D eigenvalue weighted by molar-refractivity contribution is 6.32. The Bertz CT molecular complexity index is 973. The summed E-state index contributed by atoms with van der Waals surface area (Å²) in [6.45, 7) is 2.60. The molecule has 1 aliphatic rings. The summed E-state index contributed by atoms with van der Waals surface area (Å²) >= 11 is 6.09. The van der Waals surface area contributed by atoms with Crippen LogP contribution in [0.3, 0.4) is 0 Å². The molecule has 1 amide bonds. The molecule has 0 spiro atoms. The van der Waals surface area contributed by atoms with E-state index in [-0.39, 0.29) is 22.9 Å². The van der Waals surface area contributed by atoms with Gasteiger partial charge in [-0.25, -0.2) is 9.37 Å². The summed E-state index contributed by atoms with van der Waals surface area (Å²) in [5.41, 5.74) is 2.61. The van der Waals surface area contributed by atoms with Gasteiger partial charge in [0.25, 0.3) is 5.91 Å². The predicted octanol–water partition coefficient (Wildman–Crippen LogP) is 4.42. The van der Waals surface area contributed by atoms with Crippen LogP contribution < -0.4 is 0 Å². The molecule has 0 radical (unpaired) electrons. The highest BCUT2D eigenvalue weighted by atomic mass is 35.5. The summed E-state index contributed by atoms with van der Waals surface area (Å²) in [6, 6.07) is 20.3. The molecule has 1 fully saturated rings. The Balaban J connectivity index is 1.53. The van der Waals surface area contributed by atoms with Gasteiger partial charge >= 0.3 is 0 Å². The molecule has 1 atom stereocenters. The lowest BCUT2D eigenvalue weighted by Gasteiger charge is -2.39. The first kappa shape index (κ1) is 19.6. The van der Waals surface area contributed by atoms with Crippen molar-refractivity contribution in [1.29, 1.82) is 0 Å². The molecule has 2 heterocycles. The van der Waals surface area contributed by atoms with Gasteiger partial charge < -0.3 is 4.90 Å². The quantitative estimate of drug-likeness (QED) is 0.598. The van der Waals surface area contributed by atoms with Gasteiger partial charge in [-0.2, -0.15) is 0 Å². The number of pyridine rings is 1. The number of hydrogen-bond donors (Lipinski definition) is 0. The summed E-state index contributed by atoms with van der Waals surface area (Å²) < 4.78 is 13.5. The topological polar surface area (TPSA) is 36.4 Å². The van der Waals surface area contributed by atoms with E-state index in [2.05, 4.69) is 22.0 Å². The Morgan fingerprint density at radius 1 is 0.897 bits per heavy atom. The van der Waals surface area contributed by atoms with Crippen molar-refractivity contribution in [3.8, 4) is 0 Å². The van der Waals surface area contributed by atoms with Crippen molar-refractivity contribution in [2.75, 3.05) is 26.2 Å². The van der Waals surface area contributed by atoms with Crippen LogP contribution in [0.15, 0.2) is 72.9 Å². The average Bonchev–Trinajstić information content (AvgIpc) is 2.76. The number of hydrogen-bond acceptors (Lipinski definition) is 3. The van der Waals surface area contributed by atoms with Crippen molar-refractivity contribution in [2.24, 2.45) is 0 Å². The van der Waals surface area contributed by atoms with E-state index in [4.69, 9.17) is 11.6 Å². The summed E-state index contributed by atoms with van der Waals surface area (Å²) in [5.74, 6) is -0.342. The molecule has 1 aliphatic heterocycles. The first-order chi connectivity index (χ1) is 14.1. The van der Waals surface area contributed by atoms with Gasteiger partial charge in [-0.3, -0.25) is 9.69 Å². The van der Waals surface area contributed by atoms with E-state index in [1.807, 2.05) is 35.2 Å². The van der Waals surface area contributed by atoms with Crippen LogP contribution in [0, 0.1) is 5.82 Å².